The molecular weight excluding hydrogens is 126 g/mol. The second-order valence-corrected chi connectivity index (χ2v) is 3.28. The number of ether oxygens (including phenoxy) is 1. The Morgan fingerprint density at radius 2 is 1.80 bits per heavy atom. The van der Waals surface area contributed by atoms with Crippen LogP contribution in [-0.2, 0) is 4.74 Å². The van der Waals surface area contributed by atoms with Gasteiger partial charge in [-0.3, -0.25) is 0 Å². The van der Waals surface area contributed by atoms with Crippen LogP contribution in [0.15, 0.2) is 0 Å². The molecule has 2 heteroatoms. The molecule has 0 saturated carbocycles. The normalized spacial score (nSPS) is 14.7. The van der Waals surface area contributed by atoms with Crippen molar-refractivity contribution in [1.29, 1.82) is 0 Å². The molecule has 0 amide bonds. The molecule has 0 aliphatic carbocycles. The van der Waals surface area contributed by atoms with Gasteiger partial charge in [0.1, 0.15) is 0 Å². The van der Waals surface area contributed by atoms with E-state index in [0.717, 1.165) is 6.54 Å². The van der Waals surface area contributed by atoms with Crippen molar-refractivity contribution < 1.29 is 4.74 Å². The summed E-state index contributed by atoms with van der Waals surface area (Å²) in [6.07, 6.45) is 0.370. The highest BCUT2D eigenvalue weighted by Crippen LogP contribution is 2.05. The molecule has 0 aromatic rings. The Balaban J connectivity index is 3.60. The summed E-state index contributed by atoms with van der Waals surface area (Å²) >= 11 is 0. The molecule has 0 spiro atoms. The van der Waals surface area contributed by atoms with Crippen LogP contribution in [0.3, 0.4) is 0 Å². The van der Waals surface area contributed by atoms with E-state index in [9.17, 15) is 0 Å². The van der Waals surface area contributed by atoms with Gasteiger partial charge in [0.05, 0.1) is 6.10 Å². The summed E-state index contributed by atoms with van der Waals surface area (Å²) in [5.41, 5.74) is 0. The van der Waals surface area contributed by atoms with Gasteiger partial charge in [0, 0.05) is 13.7 Å². The van der Waals surface area contributed by atoms with E-state index in [2.05, 4.69) is 32.8 Å². The van der Waals surface area contributed by atoms with Gasteiger partial charge in [0.2, 0.25) is 0 Å². The summed E-state index contributed by atoms with van der Waals surface area (Å²) in [5, 5.41) is 0. The molecule has 1 atom stereocenters. The fourth-order valence-corrected chi connectivity index (χ4v) is 0.917. The summed E-state index contributed by atoms with van der Waals surface area (Å²) in [6.45, 7) is 5.36. The SMILES string of the molecule is COC(CN(C)C)C(C)C. The van der Waals surface area contributed by atoms with Crippen LogP contribution >= 0.6 is 0 Å². The van der Waals surface area contributed by atoms with Crippen LogP contribution in [0.2, 0.25) is 0 Å². The fourth-order valence-electron chi connectivity index (χ4n) is 0.917. The lowest BCUT2D eigenvalue weighted by molar-refractivity contribution is 0.0442. The zero-order chi connectivity index (χ0) is 8.15. The molecule has 10 heavy (non-hydrogen) atoms. The van der Waals surface area contributed by atoms with Gasteiger partial charge in [-0.05, 0) is 20.0 Å². The van der Waals surface area contributed by atoms with E-state index in [-0.39, 0.29) is 0 Å². The molecule has 0 aromatic carbocycles. The minimum absolute atomic E-state index is 0.370. The van der Waals surface area contributed by atoms with Gasteiger partial charge in [-0.15, -0.1) is 0 Å². The molecule has 0 aliphatic rings. The first-order valence-corrected chi connectivity index (χ1v) is 3.75. The Labute approximate surface area is 64.2 Å². The first kappa shape index (κ1) is 9.92. The standard InChI is InChI=1S/C8H19NO/c1-7(2)8(10-5)6-9(3)4/h7-8H,6H2,1-5H3. The minimum atomic E-state index is 0.370. The van der Waals surface area contributed by atoms with Crippen molar-refractivity contribution in [2.24, 2.45) is 5.92 Å². The molecule has 2 nitrogen and oxygen atoms in total. The van der Waals surface area contributed by atoms with Gasteiger partial charge < -0.3 is 9.64 Å². The third kappa shape index (κ3) is 3.85. The molecular formula is C8H19NO. The summed E-state index contributed by atoms with van der Waals surface area (Å²) in [4.78, 5) is 2.15. The van der Waals surface area contributed by atoms with Gasteiger partial charge >= 0.3 is 0 Å². The predicted molar refractivity (Wildman–Crippen MR) is 44.2 cm³/mol. The molecule has 0 fully saturated rings. The van der Waals surface area contributed by atoms with Crippen LogP contribution in [0, 0.1) is 5.92 Å². The van der Waals surface area contributed by atoms with Crippen molar-refractivity contribution in [3.05, 3.63) is 0 Å². The Bertz CT molecular complexity index is 81.3. The molecule has 1 unspecified atom stereocenters. The number of hydrogen-bond acceptors (Lipinski definition) is 2. The van der Waals surface area contributed by atoms with Crippen molar-refractivity contribution in [3.8, 4) is 0 Å². The first-order chi connectivity index (χ1) is 4.57. The fraction of sp³-hybridized carbons (Fsp3) is 1.00. The zero-order valence-corrected chi connectivity index (χ0v) is 7.72. The lowest BCUT2D eigenvalue weighted by Gasteiger charge is -2.22. The maximum atomic E-state index is 5.28. The van der Waals surface area contributed by atoms with Crippen LogP contribution in [-0.4, -0.2) is 38.8 Å². The summed E-state index contributed by atoms with van der Waals surface area (Å²) < 4.78 is 5.28. The predicted octanol–water partition coefficient (Wildman–Crippen LogP) is 1.22. The van der Waals surface area contributed by atoms with E-state index < -0.39 is 0 Å². The maximum absolute atomic E-state index is 5.28. The van der Waals surface area contributed by atoms with E-state index in [1.165, 1.54) is 0 Å². The van der Waals surface area contributed by atoms with Gasteiger partial charge in [0.15, 0.2) is 0 Å². The van der Waals surface area contributed by atoms with Crippen molar-refractivity contribution in [1.82, 2.24) is 4.90 Å². The van der Waals surface area contributed by atoms with Crippen LogP contribution in [0.1, 0.15) is 13.8 Å². The number of hydrogen-bond donors (Lipinski definition) is 0. The molecule has 0 saturated heterocycles. The minimum Gasteiger partial charge on any atom is -0.380 e. The average Bonchev–Trinajstić information content (AvgIpc) is 1.81. The Morgan fingerprint density at radius 3 is 1.90 bits per heavy atom. The lowest BCUT2D eigenvalue weighted by Crippen LogP contribution is -2.31. The highest BCUT2D eigenvalue weighted by atomic mass is 16.5. The Morgan fingerprint density at radius 1 is 1.30 bits per heavy atom. The smallest absolute Gasteiger partial charge is 0.0720 e. The average molecular weight is 145 g/mol. The van der Waals surface area contributed by atoms with Crippen LogP contribution in [0.25, 0.3) is 0 Å². The van der Waals surface area contributed by atoms with Crippen molar-refractivity contribution in [2.45, 2.75) is 20.0 Å². The van der Waals surface area contributed by atoms with E-state index in [1.807, 2.05) is 0 Å². The quantitative estimate of drug-likeness (QED) is 0.589. The lowest BCUT2D eigenvalue weighted by atomic mass is 10.1. The Kier molecular flexibility index (Phi) is 4.65. The topological polar surface area (TPSA) is 12.5 Å². The number of nitrogens with zero attached hydrogens (tertiary/aromatic N) is 1. The third-order valence-corrected chi connectivity index (χ3v) is 1.59. The Hall–Kier alpha value is -0.0800. The van der Waals surface area contributed by atoms with Crippen LogP contribution in [0.5, 0.6) is 0 Å². The van der Waals surface area contributed by atoms with E-state index in [0.29, 0.717) is 12.0 Å². The number of methoxy groups -OCH3 is 1. The maximum Gasteiger partial charge on any atom is 0.0720 e. The zero-order valence-electron chi connectivity index (χ0n) is 7.72. The molecule has 62 valence electrons. The second-order valence-electron chi connectivity index (χ2n) is 3.28. The highest BCUT2D eigenvalue weighted by Gasteiger charge is 2.11. The highest BCUT2D eigenvalue weighted by molar-refractivity contribution is 4.63. The van der Waals surface area contributed by atoms with Gasteiger partial charge in [-0.1, -0.05) is 13.8 Å². The largest absolute Gasteiger partial charge is 0.380 e. The molecule has 0 aromatic heterocycles. The molecule has 0 heterocycles. The molecule has 0 bridgehead atoms. The van der Waals surface area contributed by atoms with Crippen molar-refractivity contribution in [2.75, 3.05) is 27.7 Å². The van der Waals surface area contributed by atoms with E-state index >= 15 is 0 Å². The molecule has 0 N–H and O–H groups in total. The summed E-state index contributed by atoms with van der Waals surface area (Å²) in [6, 6.07) is 0. The molecule has 0 rings (SSSR count). The third-order valence-electron chi connectivity index (χ3n) is 1.59. The summed E-state index contributed by atoms with van der Waals surface area (Å²) in [5.74, 6) is 0.604. The second kappa shape index (κ2) is 4.69. The monoisotopic (exact) mass is 145 g/mol. The number of likely N-dealkylation sites (N-methyl/N-ethyl adjacent to an activating group) is 1. The molecule has 0 aliphatic heterocycles. The van der Waals surface area contributed by atoms with Gasteiger partial charge in [-0.25, -0.2) is 0 Å². The van der Waals surface area contributed by atoms with Crippen LogP contribution in [0.4, 0.5) is 0 Å². The van der Waals surface area contributed by atoms with Crippen molar-refractivity contribution in [3.63, 3.8) is 0 Å². The van der Waals surface area contributed by atoms with Crippen molar-refractivity contribution >= 4 is 0 Å². The molecule has 0 radical (unpaired) electrons. The summed E-state index contributed by atoms with van der Waals surface area (Å²) in [7, 11) is 5.90. The van der Waals surface area contributed by atoms with Crippen LogP contribution < -0.4 is 0 Å². The van der Waals surface area contributed by atoms with E-state index in [1.54, 1.807) is 7.11 Å². The number of rotatable bonds is 4. The van der Waals surface area contributed by atoms with E-state index in [4.69, 9.17) is 4.74 Å². The van der Waals surface area contributed by atoms with Gasteiger partial charge in [-0.2, -0.15) is 0 Å². The first-order valence-electron chi connectivity index (χ1n) is 3.75. The van der Waals surface area contributed by atoms with Gasteiger partial charge in [0.25, 0.3) is 0 Å².